The largest absolute Gasteiger partial charge is 0.468 e. The zero-order valence-corrected chi connectivity index (χ0v) is 12.5. The van der Waals surface area contributed by atoms with Gasteiger partial charge in [0.25, 0.3) is 0 Å². The molecule has 0 saturated heterocycles. The first-order chi connectivity index (χ1) is 9.06. The fourth-order valence-corrected chi connectivity index (χ4v) is 2.02. The van der Waals surface area contributed by atoms with Gasteiger partial charge in [-0.3, -0.25) is 10.1 Å². The van der Waals surface area contributed by atoms with Crippen molar-refractivity contribution < 1.29 is 27.8 Å². The quantitative estimate of drug-likeness (QED) is 0.706. The summed E-state index contributed by atoms with van der Waals surface area (Å²) in [4.78, 5) is 11.6. The number of methoxy groups -OCH3 is 1. The standard InChI is InChI=1S/C13H24F3NO3/c1-7(2)9(6-18)11(13(14,15)16)17-10(8(3)4)12(19)20-5/h7-11,17-18H,6H2,1-5H3/t9-,10+,11+/m1/s1. The minimum Gasteiger partial charge on any atom is -0.468 e. The van der Waals surface area contributed by atoms with Crippen molar-refractivity contribution in [1.82, 2.24) is 5.32 Å². The molecule has 0 aromatic carbocycles. The molecule has 120 valence electrons. The Balaban J connectivity index is 5.29. The molecule has 0 spiro atoms. The minimum atomic E-state index is -4.56. The van der Waals surface area contributed by atoms with Crippen LogP contribution in [0.4, 0.5) is 13.2 Å². The Bertz CT molecular complexity index is 306. The van der Waals surface area contributed by atoms with Crippen molar-refractivity contribution in [2.75, 3.05) is 13.7 Å². The van der Waals surface area contributed by atoms with Crippen LogP contribution in [0.5, 0.6) is 0 Å². The zero-order valence-electron chi connectivity index (χ0n) is 12.5. The molecule has 0 aliphatic rings. The molecule has 20 heavy (non-hydrogen) atoms. The van der Waals surface area contributed by atoms with E-state index in [1.54, 1.807) is 27.7 Å². The Kier molecular flexibility index (Phi) is 7.51. The van der Waals surface area contributed by atoms with Gasteiger partial charge in [0.1, 0.15) is 12.1 Å². The van der Waals surface area contributed by atoms with Gasteiger partial charge in [0.2, 0.25) is 0 Å². The van der Waals surface area contributed by atoms with Crippen LogP contribution in [0.1, 0.15) is 27.7 Å². The fourth-order valence-electron chi connectivity index (χ4n) is 2.02. The molecule has 0 saturated carbocycles. The topological polar surface area (TPSA) is 58.6 Å². The molecule has 0 fully saturated rings. The summed E-state index contributed by atoms with van der Waals surface area (Å²) in [6, 6.07) is -3.03. The summed E-state index contributed by atoms with van der Waals surface area (Å²) in [6.07, 6.45) is -4.56. The second-order valence-electron chi connectivity index (χ2n) is 5.52. The van der Waals surface area contributed by atoms with Crippen molar-refractivity contribution in [1.29, 1.82) is 0 Å². The molecule has 0 rings (SSSR count). The van der Waals surface area contributed by atoms with E-state index in [-0.39, 0.29) is 11.8 Å². The number of carbonyl (C=O) groups excluding carboxylic acids is 1. The maximum absolute atomic E-state index is 13.2. The summed E-state index contributed by atoms with van der Waals surface area (Å²) in [5, 5.41) is 11.5. The number of esters is 1. The van der Waals surface area contributed by atoms with E-state index in [1.165, 1.54) is 0 Å². The number of hydrogen-bond donors (Lipinski definition) is 2. The maximum Gasteiger partial charge on any atom is 0.404 e. The van der Waals surface area contributed by atoms with Crippen LogP contribution in [-0.4, -0.2) is 43.1 Å². The van der Waals surface area contributed by atoms with Crippen molar-refractivity contribution in [3.8, 4) is 0 Å². The molecule has 7 heteroatoms. The van der Waals surface area contributed by atoms with Crippen LogP contribution < -0.4 is 5.32 Å². The van der Waals surface area contributed by atoms with Gasteiger partial charge < -0.3 is 9.84 Å². The first-order valence-electron chi connectivity index (χ1n) is 6.57. The summed E-state index contributed by atoms with van der Waals surface area (Å²) in [5.41, 5.74) is 0. The van der Waals surface area contributed by atoms with Crippen LogP contribution in [0, 0.1) is 17.8 Å². The van der Waals surface area contributed by atoms with E-state index in [4.69, 9.17) is 0 Å². The SMILES string of the molecule is COC(=O)[C@@H](N[C@@H]([C@H](CO)C(C)C)C(F)(F)F)C(C)C. The Morgan fingerprint density at radius 3 is 1.95 bits per heavy atom. The van der Waals surface area contributed by atoms with Crippen LogP contribution in [0.2, 0.25) is 0 Å². The van der Waals surface area contributed by atoms with E-state index in [9.17, 15) is 23.1 Å². The summed E-state index contributed by atoms with van der Waals surface area (Å²) in [5.74, 6) is -2.51. The Hall–Kier alpha value is -0.820. The van der Waals surface area contributed by atoms with Gasteiger partial charge in [-0.15, -0.1) is 0 Å². The molecule has 0 aromatic heterocycles. The van der Waals surface area contributed by atoms with E-state index in [0.717, 1.165) is 7.11 Å². The summed E-state index contributed by atoms with van der Waals surface area (Å²) in [6.45, 7) is 5.85. The first kappa shape index (κ1) is 19.2. The third kappa shape index (κ3) is 5.28. The van der Waals surface area contributed by atoms with E-state index in [1.807, 2.05) is 0 Å². The second-order valence-corrected chi connectivity index (χ2v) is 5.52. The molecule has 4 nitrogen and oxygen atoms in total. The number of carbonyl (C=O) groups is 1. The minimum absolute atomic E-state index is 0.362. The monoisotopic (exact) mass is 299 g/mol. The molecule has 0 aliphatic carbocycles. The highest BCUT2D eigenvalue weighted by atomic mass is 19.4. The number of aliphatic hydroxyl groups excluding tert-OH is 1. The highest BCUT2D eigenvalue weighted by Crippen LogP contribution is 2.30. The normalized spacial score (nSPS) is 17.1. The molecular weight excluding hydrogens is 275 g/mol. The number of rotatable bonds is 7. The number of hydrogen-bond acceptors (Lipinski definition) is 4. The molecule has 0 radical (unpaired) electrons. The number of nitrogens with one attached hydrogen (secondary N) is 1. The molecule has 0 amide bonds. The highest BCUT2D eigenvalue weighted by molar-refractivity contribution is 5.76. The van der Waals surface area contributed by atoms with Gasteiger partial charge in [-0.2, -0.15) is 13.2 Å². The van der Waals surface area contributed by atoms with Gasteiger partial charge >= 0.3 is 12.1 Å². The predicted molar refractivity (Wildman–Crippen MR) is 69.0 cm³/mol. The molecule has 2 N–H and O–H groups in total. The molecular formula is C13H24F3NO3. The van der Waals surface area contributed by atoms with Gasteiger partial charge in [0.05, 0.1) is 7.11 Å². The molecule has 0 unspecified atom stereocenters. The summed E-state index contributed by atoms with van der Waals surface area (Å²) < 4.78 is 44.1. The van der Waals surface area contributed by atoms with Gasteiger partial charge in [-0.1, -0.05) is 27.7 Å². The molecule has 0 heterocycles. The number of halogens is 3. The number of ether oxygens (including phenoxy) is 1. The second kappa shape index (κ2) is 7.83. The Morgan fingerprint density at radius 1 is 1.20 bits per heavy atom. The number of aliphatic hydroxyl groups is 1. The highest BCUT2D eigenvalue weighted by Gasteiger charge is 2.47. The lowest BCUT2D eigenvalue weighted by Crippen LogP contribution is -2.57. The molecule has 0 bridgehead atoms. The lowest BCUT2D eigenvalue weighted by molar-refractivity contribution is -0.180. The van der Waals surface area contributed by atoms with E-state index < -0.39 is 36.8 Å². The van der Waals surface area contributed by atoms with E-state index in [2.05, 4.69) is 10.1 Å². The van der Waals surface area contributed by atoms with Crippen molar-refractivity contribution >= 4 is 5.97 Å². The van der Waals surface area contributed by atoms with Crippen LogP contribution >= 0.6 is 0 Å². The average molecular weight is 299 g/mol. The maximum atomic E-state index is 13.2. The first-order valence-corrected chi connectivity index (χ1v) is 6.57. The molecule has 0 aliphatic heterocycles. The van der Waals surface area contributed by atoms with Crippen molar-refractivity contribution in [3.05, 3.63) is 0 Å². The third-order valence-corrected chi connectivity index (χ3v) is 3.33. The van der Waals surface area contributed by atoms with Crippen LogP contribution in [0.3, 0.4) is 0 Å². The van der Waals surface area contributed by atoms with Gasteiger partial charge in [-0.25, -0.2) is 0 Å². The lowest BCUT2D eigenvalue weighted by atomic mass is 9.87. The number of alkyl halides is 3. The van der Waals surface area contributed by atoms with E-state index in [0.29, 0.717) is 0 Å². The van der Waals surface area contributed by atoms with Gasteiger partial charge in [-0.05, 0) is 11.8 Å². The van der Waals surface area contributed by atoms with E-state index >= 15 is 0 Å². The predicted octanol–water partition coefficient (Wildman–Crippen LogP) is 1.97. The molecule has 0 aromatic rings. The Morgan fingerprint density at radius 2 is 1.70 bits per heavy atom. The lowest BCUT2D eigenvalue weighted by Gasteiger charge is -2.34. The average Bonchev–Trinajstić information content (AvgIpc) is 2.30. The van der Waals surface area contributed by atoms with Crippen LogP contribution in [0.25, 0.3) is 0 Å². The fraction of sp³-hybridized carbons (Fsp3) is 0.923. The molecule has 3 atom stereocenters. The van der Waals surface area contributed by atoms with Crippen LogP contribution in [-0.2, 0) is 9.53 Å². The van der Waals surface area contributed by atoms with Crippen LogP contribution in [0.15, 0.2) is 0 Å². The third-order valence-electron chi connectivity index (χ3n) is 3.33. The van der Waals surface area contributed by atoms with Gasteiger partial charge in [0, 0.05) is 12.5 Å². The summed E-state index contributed by atoms with van der Waals surface area (Å²) in [7, 11) is 1.13. The zero-order chi connectivity index (χ0) is 16.1. The summed E-state index contributed by atoms with van der Waals surface area (Å²) >= 11 is 0. The van der Waals surface area contributed by atoms with Crippen molar-refractivity contribution in [3.63, 3.8) is 0 Å². The Labute approximate surface area is 117 Å². The van der Waals surface area contributed by atoms with Crippen molar-refractivity contribution in [2.24, 2.45) is 17.8 Å². The smallest absolute Gasteiger partial charge is 0.404 e. The van der Waals surface area contributed by atoms with Gasteiger partial charge in [0.15, 0.2) is 0 Å². The van der Waals surface area contributed by atoms with Crippen molar-refractivity contribution in [2.45, 2.75) is 46.0 Å².